The molecule has 0 radical (unpaired) electrons. The van der Waals surface area contributed by atoms with E-state index in [0.29, 0.717) is 13.0 Å². The molecule has 0 aliphatic heterocycles. The SMILES string of the molecule is CCCCCCCCCCCOC(=O)CCCCc1ccccc1. The number of rotatable bonds is 15. The van der Waals surface area contributed by atoms with Crippen molar-refractivity contribution in [2.24, 2.45) is 0 Å². The van der Waals surface area contributed by atoms with Crippen LogP contribution in [0.4, 0.5) is 0 Å². The van der Waals surface area contributed by atoms with Gasteiger partial charge in [-0.15, -0.1) is 0 Å². The minimum Gasteiger partial charge on any atom is -0.466 e. The minimum absolute atomic E-state index is 0.0253. The number of carbonyl (C=O) groups excluding carboxylic acids is 1. The van der Waals surface area contributed by atoms with Crippen LogP contribution in [-0.2, 0) is 16.0 Å². The quantitative estimate of drug-likeness (QED) is 0.271. The summed E-state index contributed by atoms with van der Waals surface area (Å²) in [5.41, 5.74) is 1.35. The lowest BCUT2D eigenvalue weighted by Gasteiger charge is -2.05. The molecule has 2 nitrogen and oxygen atoms in total. The van der Waals surface area contributed by atoms with Gasteiger partial charge in [0.15, 0.2) is 0 Å². The van der Waals surface area contributed by atoms with Crippen LogP contribution in [0.15, 0.2) is 30.3 Å². The molecule has 136 valence electrons. The molecule has 0 fully saturated rings. The smallest absolute Gasteiger partial charge is 0.305 e. The van der Waals surface area contributed by atoms with Crippen molar-refractivity contribution >= 4 is 5.97 Å². The van der Waals surface area contributed by atoms with Gasteiger partial charge in [-0.05, 0) is 31.2 Å². The van der Waals surface area contributed by atoms with Crippen molar-refractivity contribution in [3.8, 4) is 0 Å². The van der Waals surface area contributed by atoms with Crippen LogP contribution < -0.4 is 0 Å². The normalized spacial score (nSPS) is 10.7. The van der Waals surface area contributed by atoms with E-state index in [1.165, 1.54) is 56.9 Å². The van der Waals surface area contributed by atoms with Gasteiger partial charge >= 0.3 is 5.97 Å². The first kappa shape index (κ1) is 20.7. The summed E-state index contributed by atoms with van der Waals surface area (Å²) in [5, 5.41) is 0. The summed E-state index contributed by atoms with van der Waals surface area (Å²) in [7, 11) is 0. The van der Waals surface area contributed by atoms with Gasteiger partial charge in [0.1, 0.15) is 0 Å². The second-order valence-corrected chi connectivity index (χ2v) is 6.74. The number of hydrogen-bond acceptors (Lipinski definition) is 2. The van der Waals surface area contributed by atoms with Gasteiger partial charge in [-0.1, -0.05) is 88.6 Å². The number of carbonyl (C=O) groups is 1. The largest absolute Gasteiger partial charge is 0.466 e. The molecule has 2 heteroatoms. The standard InChI is InChI=1S/C22H36O2/c1-2-3-4-5-6-7-8-9-15-20-24-22(23)19-14-13-18-21-16-11-10-12-17-21/h10-12,16-17H,2-9,13-15,18-20H2,1H3. The molecule has 24 heavy (non-hydrogen) atoms. The van der Waals surface area contributed by atoms with E-state index in [4.69, 9.17) is 4.74 Å². The summed E-state index contributed by atoms with van der Waals surface area (Å²) in [6, 6.07) is 10.4. The monoisotopic (exact) mass is 332 g/mol. The minimum atomic E-state index is -0.0253. The topological polar surface area (TPSA) is 26.3 Å². The molecule has 1 aromatic carbocycles. The summed E-state index contributed by atoms with van der Waals surface area (Å²) in [4.78, 5) is 11.7. The zero-order valence-corrected chi connectivity index (χ0v) is 15.6. The highest BCUT2D eigenvalue weighted by Gasteiger charge is 2.02. The highest BCUT2D eigenvalue weighted by molar-refractivity contribution is 5.69. The number of ether oxygens (including phenoxy) is 1. The first-order valence-corrected chi connectivity index (χ1v) is 10.0. The number of hydrogen-bond donors (Lipinski definition) is 0. The van der Waals surface area contributed by atoms with Crippen molar-refractivity contribution < 1.29 is 9.53 Å². The van der Waals surface area contributed by atoms with Crippen LogP contribution in [-0.4, -0.2) is 12.6 Å². The molecule has 0 N–H and O–H groups in total. The molecular weight excluding hydrogens is 296 g/mol. The third-order valence-electron chi connectivity index (χ3n) is 4.45. The summed E-state index contributed by atoms with van der Waals surface area (Å²) in [5.74, 6) is -0.0253. The van der Waals surface area contributed by atoms with Gasteiger partial charge in [-0.2, -0.15) is 0 Å². The highest BCUT2D eigenvalue weighted by Crippen LogP contribution is 2.10. The van der Waals surface area contributed by atoms with E-state index < -0.39 is 0 Å². The van der Waals surface area contributed by atoms with E-state index in [1.807, 2.05) is 6.07 Å². The third-order valence-corrected chi connectivity index (χ3v) is 4.45. The Kier molecular flexibility index (Phi) is 13.2. The van der Waals surface area contributed by atoms with Gasteiger partial charge in [0.05, 0.1) is 6.61 Å². The van der Waals surface area contributed by atoms with E-state index in [2.05, 4.69) is 31.2 Å². The number of benzene rings is 1. The molecule has 0 spiro atoms. The molecule has 1 aromatic rings. The Morgan fingerprint density at radius 1 is 0.792 bits per heavy atom. The van der Waals surface area contributed by atoms with Gasteiger partial charge < -0.3 is 4.74 Å². The van der Waals surface area contributed by atoms with Crippen LogP contribution in [0.5, 0.6) is 0 Å². The maximum absolute atomic E-state index is 11.7. The molecule has 0 bridgehead atoms. The Hall–Kier alpha value is -1.31. The fourth-order valence-corrected chi connectivity index (χ4v) is 2.91. The number of esters is 1. The summed E-state index contributed by atoms with van der Waals surface area (Å²) < 4.78 is 5.32. The van der Waals surface area contributed by atoms with Crippen molar-refractivity contribution in [3.63, 3.8) is 0 Å². The van der Waals surface area contributed by atoms with Crippen LogP contribution in [0.2, 0.25) is 0 Å². The van der Waals surface area contributed by atoms with Crippen molar-refractivity contribution in [2.75, 3.05) is 6.61 Å². The van der Waals surface area contributed by atoms with Gasteiger partial charge in [0.25, 0.3) is 0 Å². The zero-order valence-electron chi connectivity index (χ0n) is 15.6. The predicted octanol–water partition coefficient (Wildman–Crippen LogP) is 6.47. The molecule has 1 rings (SSSR count). The number of aryl methyl sites for hydroxylation is 1. The Morgan fingerprint density at radius 3 is 2.08 bits per heavy atom. The molecule has 0 atom stereocenters. The fourth-order valence-electron chi connectivity index (χ4n) is 2.91. The summed E-state index contributed by atoms with van der Waals surface area (Å²) in [6.45, 7) is 2.86. The first-order chi connectivity index (χ1) is 11.8. The Bertz CT molecular complexity index is 400. The lowest BCUT2D eigenvalue weighted by atomic mass is 10.1. The molecule has 0 aliphatic rings. The molecule has 0 aromatic heterocycles. The summed E-state index contributed by atoms with van der Waals surface area (Å²) >= 11 is 0. The van der Waals surface area contributed by atoms with E-state index in [0.717, 1.165) is 25.7 Å². The predicted molar refractivity (Wildman–Crippen MR) is 102 cm³/mol. The lowest BCUT2D eigenvalue weighted by Crippen LogP contribution is -2.05. The molecular formula is C22H36O2. The average molecular weight is 333 g/mol. The van der Waals surface area contributed by atoms with Crippen LogP contribution in [0.1, 0.15) is 89.5 Å². The highest BCUT2D eigenvalue weighted by atomic mass is 16.5. The van der Waals surface area contributed by atoms with Crippen LogP contribution in [0.25, 0.3) is 0 Å². The van der Waals surface area contributed by atoms with Crippen molar-refractivity contribution in [1.29, 1.82) is 0 Å². The second-order valence-electron chi connectivity index (χ2n) is 6.74. The first-order valence-electron chi connectivity index (χ1n) is 10.0. The van der Waals surface area contributed by atoms with Crippen LogP contribution in [0.3, 0.4) is 0 Å². The molecule has 0 saturated heterocycles. The number of unbranched alkanes of at least 4 members (excludes halogenated alkanes) is 9. The van der Waals surface area contributed by atoms with E-state index in [9.17, 15) is 4.79 Å². The van der Waals surface area contributed by atoms with Crippen molar-refractivity contribution in [1.82, 2.24) is 0 Å². The Morgan fingerprint density at radius 2 is 1.42 bits per heavy atom. The van der Waals surface area contributed by atoms with Gasteiger partial charge in [-0.3, -0.25) is 4.79 Å². The van der Waals surface area contributed by atoms with Crippen molar-refractivity contribution in [2.45, 2.75) is 90.4 Å². The molecule has 0 aliphatic carbocycles. The lowest BCUT2D eigenvalue weighted by molar-refractivity contribution is -0.143. The van der Waals surface area contributed by atoms with E-state index in [1.54, 1.807) is 0 Å². The van der Waals surface area contributed by atoms with E-state index in [-0.39, 0.29) is 5.97 Å². The molecule has 0 saturated carbocycles. The maximum atomic E-state index is 11.7. The Labute approximate surface area is 149 Å². The van der Waals surface area contributed by atoms with E-state index >= 15 is 0 Å². The summed E-state index contributed by atoms with van der Waals surface area (Å²) in [6.07, 6.45) is 15.2. The van der Waals surface area contributed by atoms with Crippen LogP contribution in [0, 0.1) is 0 Å². The second kappa shape index (κ2) is 15.2. The van der Waals surface area contributed by atoms with Crippen LogP contribution >= 0.6 is 0 Å². The van der Waals surface area contributed by atoms with Crippen molar-refractivity contribution in [3.05, 3.63) is 35.9 Å². The third kappa shape index (κ3) is 12.2. The maximum Gasteiger partial charge on any atom is 0.305 e. The molecule has 0 heterocycles. The average Bonchev–Trinajstić information content (AvgIpc) is 2.61. The Balaban J connectivity index is 1.83. The van der Waals surface area contributed by atoms with Gasteiger partial charge in [0.2, 0.25) is 0 Å². The fraction of sp³-hybridized carbons (Fsp3) is 0.682. The molecule has 0 amide bonds. The molecule has 0 unspecified atom stereocenters. The van der Waals surface area contributed by atoms with Gasteiger partial charge in [0, 0.05) is 6.42 Å². The zero-order chi connectivity index (χ0) is 17.3. The van der Waals surface area contributed by atoms with Gasteiger partial charge in [-0.25, -0.2) is 0 Å².